The van der Waals surface area contributed by atoms with Gasteiger partial charge in [-0.2, -0.15) is 0 Å². The molecule has 0 saturated carbocycles. The van der Waals surface area contributed by atoms with E-state index in [1.165, 1.54) is 11.1 Å². The van der Waals surface area contributed by atoms with Crippen LogP contribution in [-0.4, -0.2) is 12.9 Å². The molecule has 0 fully saturated rings. The Labute approximate surface area is 124 Å². The lowest BCUT2D eigenvalue weighted by Gasteiger charge is -2.23. The van der Waals surface area contributed by atoms with Crippen LogP contribution < -0.4 is 10.6 Å². The summed E-state index contributed by atoms with van der Waals surface area (Å²) >= 11 is 6.16. The number of aryl methyl sites for hydroxylation is 1. The SMILES string of the molecule is Cc1ccccc1CN(C)c1cccc(Cl)c1C(=N)N. The van der Waals surface area contributed by atoms with E-state index in [9.17, 15) is 0 Å². The minimum atomic E-state index is -0.0118. The molecule has 3 N–H and O–H groups in total. The van der Waals surface area contributed by atoms with Gasteiger partial charge in [0.15, 0.2) is 0 Å². The minimum Gasteiger partial charge on any atom is -0.384 e. The van der Waals surface area contributed by atoms with E-state index in [-0.39, 0.29) is 5.84 Å². The van der Waals surface area contributed by atoms with Gasteiger partial charge in [-0.15, -0.1) is 0 Å². The van der Waals surface area contributed by atoms with Gasteiger partial charge in [0.1, 0.15) is 5.84 Å². The predicted octanol–water partition coefficient (Wildman–Crippen LogP) is 3.57. The first-order valence-electron chi connectivity index (χ1n) is 6.39. The number of halogens is 1. The number of amidine groups is 1. The molecule has 0 spiro atoms. The van der Waals surface area contributed by atoms with Crippen molar-refractivity contribution in [3.05, 3.63) is 64.2 Å². The summed E-state index contributed by atoms with van der Waals surface area (Å²) in [6.07, 6.45) is 0. The van der Waals surface area contributed by atoms with Crippen LogP contribution in [-0.2, 0) is 6.54 Å². The van der Waals surface area contributed by atoms with Crippen LogP contribution >= 0.6 is 11.6 Å². The zero-order valence-electron chi connectivity index (χ0n) is 11.7. The molecule has 0 amide bonds. The molecule has 0 aliphatic rings. The van der Waals surface area contributed by atoms with Gasteiger partial charge < -0.3 is 10.6 Å². The Morgan fingerprint density at radius 2 is 1.90 bits per heavy atom. The second kappa shape index (κ2) is 5.97. The molecule has 20 heavy (non-hydrogen) atoms. The normalized spacial score (nSPS) is 10.3. The fourth-order valence-electron chi connectivity index (χ4n) is 2.23. The van der Waals surface area contributed by atoms with Crippen molar-refractivity contribution >= 4 is 23.1 Å². The molecule has 0 heterocycles. The molecule has 0 aromatic heterocycles. The van der Waals surface area contributed by atoms with Gasteiger partial charge in [-0.05, 0) is 30.2 Å². The highest BCUT2D eigenvalue weighted by atomic mass is 35.5. The topological polar surface area (TPSA) is 53.1 Å². The molecule has 0 atom stereocenters. The summed E-state index contributed by atoms with van der Waals surface area (Å²) in [7, 11) is 1.98. The number of nitrogen functional groups attached to an aromatic ring is 1. The second-order valence-corrected chi connectivity index (χ2v) is 5.24. The fourth-order valence-corrected chi connectivity index (χ4v) is 2.50. The summed E-state index contributed by atoms with van der Waals surface area (Å²) in [6.45, 7) is 2.83. The fraction of sp³-hybridized carbons (Fsp3) is 0.188. The van der Waals surface area contributed by atoms with Crippen LogP contribution in [0.5, 0.6) is 0 Å². The number of benzene rings is 2. The second-order valence-electron chi connectivity index (χ2n) is 4.83. The molecule has 0 aliphatic heterocycles. The maximum atomic E-state index is 7.70. The standard InChI is InChI=1S/C16H18ClN3/c1-11-6-3-4-7-12(11)10-20(2)14-9-5-8-13(17)15(14)16(18)19/h3-9H,10H2,1-2H3,(H3,18,19). The van der Waals surface area contributed by atoms with Crippen molar-refractivity contribution in [1.29, 1.82) is 5.41 Å². The first-order chi connectivity index (χ1) is 9.50. The maximum Gasteiger partial charge on any atom is 0.126 e. The first kappa shape index (κ1) is 14.4. The van der Waals surface area contributed by atoms with Crippen molar-refractivity contribution < 1.29 is 0 Å². The molecule has 0 bridgehead atoms. The van der Waals surface area contributed by atoms with Crippen molar-refractivity contribution in [2.24, 2.45) is 5.73 Å². The van der Waals surface area contributed by atoms with E-state index in [1.807, 2.05) is 31.3 Å². The first-order valence-corrected chi connectivity index (χ1v) is 6.77. The molecular formula is C16H18ClN3. The van der Waals surface area contributed by atoms with Crippen LogP contribution in [0.4, 0.5) is 5.69 Å². The Kier molecular flexibility index (Phi) is 4.30. The van der Waals surface area contributed by atoms with Gasteiger partial charge in [0.25, 0.3) is 0 Å². The van der Waals surface area contributed by atoms with Crippen molar-refractivity contribution in [2.75, 3.05) is 11.9 Å². The Morgan fingerprint density at radius 3 is 2.55 bits per heavy atom. The Balaban J connectivity index is 2.35. The molecule has 0 radical (unpaired) electrons. The number of nitrogens with zero attached hydrogens (tertiary/aromatic N) is 1. The van der Waals surface area contributed by atoms with E-state index >= 15 is 0 Å². The number of hydrogen-bond acceptors (Lipinski definition) is 2. The summed E-state index contributed by atoms with van der Waals surface area (Å²) in [5.41, 5.74) is 9.59. The highest BCUT2D eigenvalue weighted by molar-refractivity contribution is 6.34. The number of rotatable bonds is 4. The maximum absolute atomic E-state index is 7.70. The van der Waals surface area contributed by atoms with Crippen LogP contribution in [0.2, 0.25) is 5.02 Å². The minimum absolute atomic E-state index is 0.0118. The largest absolute Gasteiger partial charge is 0.384 e. The van der Waals surface area contributed by atoms with E-state index in [0.29, 0.717) is 10.6 Å². The van der Waals surface area contributed by atoms with Crippen LogP contribution in [0.15, 0.2) is 42.5 Å². The third-order valence-corrected chi connectivity index (χ3v) is 3.66. The molecule has 2 rings (SSSR count). The van der Waals surface area contributed by atoms with E-state index in [2.05, 4.69) is 24.0 Å². The van der Waals surface area contributed by atoms with E-state index in [4.69, 9.17) is 22.7 Å². The lowest BCUT2D eigenvalue weighted by molar-refractivity contribution is 0.912. The van der Waals surface area contributed by atoms with Gasteiger partial charge in [-0.25, -0.2) is 0 Å². The zero-order chi connectivity index (χ0) is 14.7. The third-order valence-electron chi connectivity index (χ3n) is 3.34. The Morgan fingerprint density at radius 1 is 1.20 bits per heavy atom. The summed E-state index contributed by atoms with van der Waals surface area (Å²) in [4.78, 5) is 2.06. The zero-order valence-corrected chi connectivity index (χ0v) is 12.4. The van der Waals surface area contributed by atoms with Gasteiger partial charge in [0.05, 0.1) is 10.6 Å². The van der Waals surface area contributed by atoms with Crippen molar-refractivity contribution in [3.63, 3.8) is 0 Å². The Hall–Kier alpha value is -2.00. The van der Waals surface area contributed by atoms with Gasteiger partial charge >= 0.3 is 0 Å². The van der Waals surface area contributed by atoms with Crippen LogP contribution in [0, 0.1) is 12.3 Å². The lowest BCUT2D eigenvalue weighted by atomic mass is 10.1. The van der Waals surface area contributed by atoms with Gasteiger partial charge in [0.2, 0.25) is 0 Å². The third kappa shape index (κ3) is 2.94. The molecule has 0 unspecified atom stereocenters. The average molecular weight is 288 g/mol. The smallest absolute Gasteiger partial charge is 0.126 e. The number of nitrogens with one attached hydrogen (secondary N) is 1. The number of anilines is 1. The highest BCUT2D eigenvalue weighted by Crippen LogP contribution is 2.27. The van der Waals surface area contributed by atoms with E-state index in [0.717, 1.165) is 12.2 Å². The van der Waals surface area contributed by atoms with Crippen molar-refractivity contribution in [1.82, 2.24) is 0 Å². The highest BCUT2D eigenvalue weighted by Gasteiger charge is 2.14. The molecular weight excluding hydrogens is 270 g/mol. The van der Waals surface area contributed by atoms with Crippen LogP contribution in [0.25, 0.3) is 0 Å². The number of nitrogens with two attached hydrogens (primary N) is 1. The summed E-state index contributed by atoms with van der Waals surface area (Å²) < 4.78 is 0. The molecule has 0 saturated heterocycles. The average Bonchev–Trinajstić information content (AvgIpc) is 2.40. The summed E-state index contributed by atoms with van der Waals surface area (Å²) in [5, 5.41) is 8.21. The Bertz CT molecular complexity index is 637. The quantitative estimate of drug-likeness (QED) is 0.667. The van der Waals surface area contributed by atoms with Crippen LogP contribution in [0.1, 0.15) is 16.7 Å². The molecule has 2 aromatic carbocycles. The van der Waals surface area contributed by atoms with Crippen molar-refractivity contribution in [3.8, 4) is 0 Å². The monoisotopic (exact) mass is 287 g/mol. The lowest BCUT2D eigenvalue weighted by Crippen LogP contribution is -2.22. The molecule has 3 nitrogen and oxygen atoms in total. The van der Waals surface area contributed by atoms with Crippen LogP contribution in [0.3, 0.4) is 0 Å². The number of hydrogen-bond donors (Lipinski definition) is 2. The van der Waals surface area contributed by atoms with E-state index < -0.39 is 0 Å². The molecule has 0 aliphatic carbocycles. The predicted molar refractivity (Wildman–Crippen MR) is 85.8 cm³/mol. The summed E-state index contributed by atoms with van der Waals surface area (Å²) in [6, 6.07) is 13.8. The van der Waals surface area contributed by atoms with Gasteiger partial charge in [-0.1, -0.05) is 41.9 Å². The van der Waals surface area contributed by atoms with Gasteiger partial charge in [0, 0.05) is 19.3 Å². The van der Waals surface area contributed by atoms with Crippen molar-refractivity contribution in [2.45, 2.75) is 13.5 Å². The molecule has 104 valence electrons. The van der Waals surface area contributed by atoms with Gasteiger partial charge in [-0.3, -0.25) is 5.41 Å². The summed E-state index contributed by atoms with van der Waals surface area (Å²) in [5.74, 6) is -0.0118. The molecule has 4 heteroatoms. The van der Waals surface area contributed by atoms with E-state index in [1.54, 1.807) is 6.07 Å². The molecule has 2 aromatic rings.